The molecule has 1 aliphatic rings. The molecule has 1 amide bonds. The van der Waals surface area contributed by atoms with E-state index in [9.17, 15) is 4.79 Å². The van der Waals surface area contributed by atoms with Crippen LogP contribution < -0.4 is 20.7 Å². The second-order valence-electron chi connectivity index (χ2n) is 7.71. The Labute approximate surface area is 172 Å². The Morgan fingerprint density at radius 3 is 2.79 bits per heavy atom. The van der Waals surface area contributed by atoms with Crippen LogP contribution in [0, 0.1) is 11.8 Å². The third-order valence-corrected chi connectivity index (χ3v) is 4.19. The van der Waals surface area contributed by atoms with E-state index in [0.29, 0.717) is 18.1 Å². The highest BCUT2D eigenvalue weighted by atomic mass is 32.1. The fourth-order valence-corrected chi connectivity index (χ4v) is 3.16. The number of nitrogens with one attached hydrogen (secondary N) is 3. The van der Waals surface area contributed by atoms with E-state index < -0.39 is 11.7 Å². The summed E-state index contributed by atoms with van der Waals surface area (Å²) in [7, 11) is 0. The molecule has 1 aliphatic heterocycles. The highest BCUT2D eigenvalue weighted by molar-refractivity contribution is 7.80. The molecule has 152 valence electrons. The highest BCUT2D eigenvalue weighted by Gasteiger charge is 2.20. The molecular weight excluding hydrogens is 374 g/mol. The van der Waals surface area contributed by atoms with Gasteiger partial charge in [0.05, 0.1) is 12.6 Å². The third kappa shape index (κ3) is 6.93. The van der Waals surface area contributed by atoms with Gasteiger partial charge in [0.15, 0.2) is 5.11 Å². The molecule has 0 unspecified atom stereocenters. The van der Waals surface area contributed by atoms with Crippen LogP contribution in [0.3, 0.4) is 0 Å². The summed E-state index contributed by atoms with van der Waals surface area (Å²) >= 11 is 5.47. The fourth-order valence-electron chi connectivity index (χ4n) is 2.90. The number of anilines is 1. The highest BCUT2D eigenvalue weighted by Crippen LogP contribution is 2.31. The number of rotatable bonds is 5. The Balaban J connectivity index is 1.91. The molecule has 0 fully saturated rings. The minimum absolute atomic E-state index is 0.134. The van der Waals surface area contributed by atoms with E-state index in [-0.39, 0.29) is 12.1 Å². The summed E-state index contributed by atoms with van der Waals surface area (Å²) in [6.07, 6.45) is 0.998. The van der Waals surface area contributed by atoms with Gasteiger partial charge in [0, 0.05) is 23.7 Å². The van der Waals surface area contributed by atoms with Crippen LogP contribution in [0.2, 0.25) is 0 Å². The minimum Gasteiger partial charge on any atom is -0.493 e. The first kappa shape index (κ1) is 21.8. The molecule has 1 aromatic rings. The Hall–Kier alpha value is -2.46. The van der Waals surface area contributed by atoms with E-state index in [1.54, 1.807) is 6.92 Å². The van der Waals surface area contributed by atoms with Gasteiger partial charge >= 0.3 is 6.09 Å². The number of hydrogen-bond donors (Lipinski definition) is 3. The van der Waals surface area contributed by atoms with Crippen LogP contribution in [0.4, 0.5) is 10.5 Å². The number of benzene rings is 1. The van der Waals surface area contributed by atoms with Crippen LogP contribution >= 0.6 is 12.2 Å². The minimum atomic E-state index is -0.532. The maximum absolute atomic E-state index is 11.9. The zero-order chi connectivity index (χ0) is 20.7. The van der Waals surface area contributed by atoms with Crippen LogP contribution in [-0.4, -0.2) is 35.5 Å². The van der Waals surface area contributed by atoms with Crippen molar-refractivity contribution in [2.45, 2.75) is 65.1 Å². The predicted molar refractivity (Wildman–Crippen MR) is 116 cm³/mol. The number of thiocarbonyl (C=S) groups is 1. The fraction of sp³-hybridized carbons (Fsp3) is 0.524. The van der Waals surface area contributed by atoms with Gasteiger partial charge in [-0.05, 0) is 65.4 Å². The van der Waals surface area contributed by atoms with Crippen LogP contribution in [-0.2, 0) is 11.2 Å². The molecule has 3 N–H and O–H groups in total. The smallest absolute Gasteiger partial charge is 0.407 e. The Morgan fingerprint density at radius 2 is 2.11 bits per heavy atom. The molecule has 0 spiro atoms. The lowest BCUT2D eigenvalue weighted by molar-refractivity contribution is 0.0505. The Kier molecular flexibility index (Phi) is 7.53. The first-order valence-electron chi connectivity index (χ1n) is 9.42. The van der Waals surface area contributed by atoms with Crippen molar-refractivity contribution in [1.82, 2.24) is 10.6 Å². The van der Waals surface area contributed by atoms with Crippen molar-refractivity contribution in [1.29, 1.82) is 0 Å². The Bertz CT molecular complexity index is 777. The molecule has 1 heterocycles. The number of carbonyl (C=O) groups excluding carboxylic acids is 1. The average Bonchev–Trinajstić information content (AvgIpc) is 3.02. The van der Waals surface area contributed by atoms with Crippen LogP contribution in [0.1, 0.15) is 46.6 Å². The van der Waals surface area contributed by atoms with Gasteiger partial charge in [0.1, 0.15) is 11.4 Å². The third-order valence-electron chi connectivity index (χ3n) is 3.97. The van der Waals surface area contributed by atoms with Gasteiger partial charge in [-0.25, -0.2) is 4.79 Å². The number of carbonyl (C=O) groups is 1. The van der Waals surface area contributed by atoms with Crippen LogP contribution in [0.15, 0.2) is 18.2 Å². The number of ether oxygens (including phenoxy) is 2. The molecule has 2 atom stereocenters. The summed E-state index contributed by atoms with van der Waals surface area (Å²) in [5.74, 6) is 6.91. The van der Waals surface area contributed by atoms with Crippen molar-refractivity contribution >= 4 is 29.1 Å². The maximum Gasteiger partial charge on any atom is 0.407 e. The van der Waals surface area contributed by atoms with Crippen LogP contribution in [0.5, 0.6) is 5.75 Å². The van der Waals surface area contributed by atoms with Crippen molar-refractivity contribution in [2.75, 3.05) is 11.9 Å². The first-order valence-corrected chi connectivity index (χ1v) is 9.82. The largest absolute Gasteiger partial charge is 0.493 e. The Morgan fingerprint density at radius 1 is 1.36 bits per heavy atom. The summed E-state index contributed by atoms with van der Waals surface area (Å²) < 4.78 is 10.9. The van der Waals surface area contributed by atoms with Gasteiger partial charge in [0.25, 0.3) is 0 Å². The van der Waals surface area contributed by atoms with E-state index in [1.165, 1.54) is 0 Å². The normalized spacial score (nSPS) is 14.5. The molecule has 0 bridgehead atoms. The van der Waals surface area contributed by atoms with Crippen molar-refractivity contribution < 1.29 is 14.3 Å². The van der Waals surface area contributed by atoms with E-state index in [1.807, 2.05) is 45.9 Å². The molecule has 0 aliphatic carbocycles. The molecule has 6 nitrogen and oxygen atoms in total. The van der Waals surface area contributed by atoms with Gasteiger partial charge in [-0.1, -0.05) is 12.0 Å². The van der Waals surface area contributed by atoms with E-state index in [2.05, 4.69) is 27.8 Å². The molecule has 2 rings (SSSR count). The summed E-state index contributed by atoms with van der Waals surface area (Å²) in [5, 5.41) is 9.78. The second-order valence-corrected chi connectivity index (χ2v) is 8.12. The molecule has 1 aromatic carbocycles. The number of hydrogen-bond acceptors (Lipinski definition) is 4. The number of fused-ring (bicyclic) bond motifs is 1. The van der Waals surface area contributed by atoms with Gasteiger partial charge in [0.2, 0.25) is 0 Å². The van der Waals surface area contributed by atoms with Crippen LogP contribution in [0.25, 0.3) is 0 Å². The second kappa shape index (κ2) is 9.65. The zero-order valence-electron chi connectivity index (χ0n) is 17.1. The molecule has 0 saturated carbocycles. The molecule has 0 aromatic heterocycles. The number of amides is 1. The summed E-state index contributed by atoms with van der Waals surface area (Å²) in [6.45, 7) is 9.87. The van der Waals surface area contributed by atoms with E-state index in [4.69, 9.17) is 21.7 Å². The quantitative estimate of drug-likeness (QED) is 0.515. The molecular formula is C21H29N3O3S. The lowest BCUT2D eigenvalue weighted by atomic mass is 10.1. The SMILES string of the molecule is CC#C[C@@H](C[C@@H](C)NC(=O)OC(C)(C)C)NC(=S)Nc1cccc2c1CCO2. The summed E-state index contributed by atoms with van der Waals surface area (Å²) in [6, 6.07) is 5.53. The standard InChI is InChI=1S/C21H29N3O3S/c1-6-8-15(13-14(2)22-20(25)27-21(3,4)5)23-19(28)24-17-9-7-10-18-16(17)11-12-26-18/h7,9-10,14-15H,11-13H2,1-5H3,(H,22,25)(H2,23,24,28)/t14-,15+/m1/s1. The van der Waals surface area contributed by atoms with Gasteiger partial charge < -0.3 is 25.4 Å². The van der Waals surface area contributed by atoms with Crippen molar-refractivity contribution in [3.63, 3.8) is 0 Å². The number of alkyl carbamates (subject to hydrolysis) is 1. The van der Waals surface area contributed by atoms with Gasteiger partial charge in [-0.15, -0.1) is 5.92 Å². The summed E-state index contributed by atoms with van der Waals surface area (Å²) in [5.41, 5.74) is 1.54. The van der Waals surface area contributed by atoms with Crippen molar-refractivity contribution in [3.8, 4) is 17.6 Å². The lowest BCUT2D eigenvalue weighted by Crippen LogP contribution is -2.44. The summed E-state index contributed by atoms with van der Waals surface area (Å²) in [4.78, 5) is 11.9. The maximum atomic E-state index is 11.9. The van der Waals surface area contributed by atoms with Gasteiger partial charge in [-0.3, -0.25) is 0 Å². The molecule has 0 saturated heterocycles. The van der Waals surface area contributed by atoms with Crippen molar-refractivity contribution in [3.05, 3.63) is 23.8 Å². The van der Waals surface area contributed by atoms with E-state index >= 15 is 0 Å². The lowest BCUT2D eigenvalue weighted by Gasteiger charge is -2.24. The topological polar surface area (TPSA) is 71.6 Å². The zero-order valence-corrected chi connectivity index (χ0v) is 18.0. The average molecular weight is 404 g/mol. The van der Waals surface area contributed by atoms with Crippen molar-refractivity contribution in [2.24, 2.45) is 0 Å². The monoisotopic (exact) mass is 403 g/mol. The van der Waals surface area contributed by atoms with Gasteiger partial charge in [-0.2, -0.15) is 0 Å². The van der Waals surface area contributed by atoms with E-state index in [0.717, 1.165) is 23.4 Å². The first-order chi connectivity index (χ1) is 13.2. The predicted octanol–water partition coefficient (Wildman–Crippen LogP) is 3.60. The molecule has 28 heavy (non-hydrogen) atoms. The molecule has 0 radical (unpaired) electrons. The molecule has 7 heteroatoms.